The maximum atomic E-state index is 12.2. The summed E-state index contributed by atoms with van der Waals surface area (Å²) in [5.74, 6) is 0.791. The van der Waals surface area contributed by atoms with Gasteiger partial charge in [-0.1, -0.05) is 43.7 Å². The van der Waals surface area contributed by atoms with Crippen molar-refractivity contribution >= 4 is 11.6 Å². The molecule has 2 N–H and O–H groups in total. The fraction of sp³-hybridized carbons (Fsp3) is 0.520. The molecule has 1 aromatic carbocycles. The van der Waals surface area contributed by atoms with Gasteiger partial charge in [0.2, 0.25) is 11.8 Å². The fourth-order valence-electron chi connectivity index (χ4n) is 4.89. The molecule has 31 heavy (non-hydrogen) atoms. The van der Waals surface area contributed by atoms with E-state index < -0.39 is 0 Å². The summed E-state index contributed by atoms with van der Waals surface area (Å²) in [6.07, 6.45) is 5.87. The summed E-state index contributed by atoms with van der Waals surface area (Å²) in [5.41, 5.74) is 4.15. The Balaban J connectivity index is 1.54. The second kappa shape index (κ2) is 9.79. The third kappa shape index (κ3) is 4.75. The number of amides is 1. The Morgan fingerprint density at radius 2 is 2.03 bits per heavy atom. The molecule has 1 fully saturated rings. The number of hydrogen-bond acceptors (Lipinski definition) is 5. The summed E-state index contributed by atoms with van der Waals surface area (Å²) in [7, 11) is 3.50. The molecule has 0 spiro atoms. The molecule has 2 aliphatic rings. The van der Waals surface area contributed by atoms with E-state index in [9.17, 15) is 4.79 Å². The molecule has 3 heterocycles. The number of hydrogen-bond donors (Lipinski definition) is 2. The molecule has 166 valence electrons. The van der Waals surface area contributed by atoms with Gasteiger partial charge in [-0.2, -0.15) is 0 Å². The lowest BCUT2D eigenvalue weighted by Crippen LogP contribution is -2.50. The summed E-state index contributed by atoms with van der Waals surface area (Å²) in [4.78, 5) is 18.6. The van der Waals surface area contributed by atoms with Gasteiger partial charge in [-0.05, 0) is 30.9 Å². The van der Waals surface area contributed by atoms with Crippen LogP contribution in [0.4, 0.5) is 5.69 Å². The van der Waals surface area contributed by atoms with E-state index in [1.807, 2.05) is 7.05 Å². The predicted molar refractivity (Wildman–Crippen MR) is 123 cm³/mol. The van der Waals surface area contributed by atoms with Crippen LogP contribution in [0.1, 0.15) is 61.9 Å². The molecule has 1 saturated heterocycles. The lowest BCUT2D eigenvalue weighted by molar-refractivity contribution is -0.118. The van der Waals surface area contributed by atoms with Crippen molar-refractivity contribution in [1.29, 1.82) is 0 Å². The fourth-order valence-corrected chi connectivity index (χ4v) is 4.89. The molecule has 4 rings (SSSR count). The number of carbonyl (C=O) groups is 1. The van der Waals surface area contributed by atoms with Crippen molar-refractivity contribution in [2.45, 2.75) is 70.1 Å². The van der Waals surface area contributed by atoms with Crippen LogP contribution in [0, 0.1) is 0 Å². The molecule has 0 radical (unpaired) electrons. The number of pyridine rings is 1. The number of methoxy groups -OCH3 is 1. The first kappa shape index (κ1) is 21.8. The molecule has 6 heteroatoms. The van der Waals surface area contributed by atoms with E-state index in [4.69, 9.17) is 9.72 Å². The maximum absolute atomic E-state index is 12.2. The monoisotopic (exact) mass is 422 g/mol. The predicted octanol–water partition coefficient (Wildman–Crippen LogP) is 3.75. The van der Waals surface area contributed by atoms with Crippen molar-refractivity contribution in [2.24, 2.45) is 0 Å². The van der Waals surface area contributed by atoms with Gasteiger partial charge in [0, 0.05) is 50.1 Å². The first-order valence-corrected chi connectivity index (χ1v) is 11.5. The number of piperidine rings is 1. The molecule has 0 aliphatic carbocycles. The van der Waals surface area contributed by atoms with E-state index in [2.05, 4.69) is 54.0 Å². The number of aromatic nitrogens is 1. The van der Waals surface area contributed by atoms with Gasteiger partial charge in [0.1, 0.15) is 0 Å². The highest BCUT2D eigenvalue weighted by Crippen LogP contribution is 2.32. The normalized spacial score (nSPS) is 23.5. The van der Waals surface area contributed by atoms with Crippen LogP contribution in [0.3, 0.4) is 0 Å². The Hall–Kier alpha value is -2.44. The number of benzene rings is 1. The summed E-state index contributed by atoms with van der Waals surface area (Å²) in [5, 5.41) is 7.66. The standard InChI is InChI=1S/C25H34N4O2/c1-4-8-19-11-12-21(24(27-19)17-9-6-5-7-10-17)26-16-18-15-22-20(28-25(18)31-3)13-14-23(30)29(22)2/h5-7,9-10,15,19,21,24,26-27H,4,8,11-14,16H2,1-3H3/t19-,21-,24-/m0/s1. The second-order valence-electron chi connectivity index (χ2n) is 8.68. The molecule has 1 aromatic heterocycles. The molecule has 1 amide bonds. The van der Waals surface area contributed by atoms with Gasteiger partial charge in [0.05, 0.1) is 18.5 Å². The van der Waals surface area contributed by atoms with Crippen LogP contribution >= 0.6 is 0 Å². The Labute approximate surface area is 185 Å². The number of anilines is 1. The molecule has 2 aliphatic heterocycles. The van der Waals surface area contributed by atoms with Crippen LogP contribution in [-0.2, 0) is 17.8 Å². The molecule has 0 saturated carbocycles. The van der Waals surface area contributed by atoms with Crippen LogP contribution in [0.2, 0.25) is 0 Å². The number of nitrogens with zero attached hydrogens (tertiary/aromatic N) is 2. The van der Waals surface area contributed by atoms with E-state index in [1.165, 1.54) is 24.8 Å². The minimum Gasteiger partial charge on any atom is -0.481 e. The van der Waals surface area contributed by atoms with E-state index in [-0.39, 0.29) is 11.9 Å². The number of nitrogens with one attached hydrogen (secondary N) is 2. The van der Waals surface area contributed by atoms with Gasteiger partial charge in [0.15, 0.2) is 0 Å². The number of ether oxygens (including phenoxy) is 1. The highest BCUT2D eigenvalue weighted by Gasteiger charge is 2.31. The van der Waals surface area contributed by atoms with Gasteiger partial charge in [0.25, 0.3) is 0 Å². The van der Waals surface area contributed by atoms with E-state index in [1.54, 1.807) is 12.0 Å². The number of fused-ring (bicyclic) bond motifs is 1. The zero-order valence-electron chi connectivity index (χ0n) is 18.9. The van der Waals surface area contributed by atoms with Crippen molar-refractivity contribution in [3.63, 3.8) is 0 Å². The highest BCUT2D eigenvalue weighted by atomic mass is 16.5. The average molecular weight is 423 g/mol. The Morgan fingerprint density at radius 1 is 1.23 bits per heavy atom. The van der Waals surface area contributed by atoms with Gasteiger partial charge >= 0.3 is 0 Å². The molecule has 0 bridgehead atoms. The first-order valence-electron chi connectivity index (χ1n) is 11.5. The number of carbonyl (C=O) groups excluding carboxylic acids is 1. The van der Waals surface area contributed by atoms with Crippen molar-refractivity contribution in [1.82, 2.24) is 15.6 Å². The van der Waals surface area contributed by atoms with Crippen LogP contribution in [-0.4, -0.2) is 37.1 Å². The second-order valence-corrected chi connectivity index (χ2v) is 8.68. The van der Waals surface area contributed by atoms with Crippen molar-refractivity contribution in [3.8, 4) is 5.88 Å². The molecular formula is C25H34N4O2. The number of rotatable bonds is 7. The van der Waals surface area contributed by atoms with E-state index in [0.29, 0.717) is 37.4 Å². The Morgan fingerprint density at radius 3 is 2.77 bits per heavy atom. The van der Waals surface area contributed by atoms with Gasteiger partial charge in [-0.25, -0.2) is 4.98 Å². The zero-order valence-corrected chi connectivity index (χ0v) is 18.9. The van der Waals surface area contributed by atoms with Gasteiger partial charge in [-0.3, -0.25) is 4.79 Å². The quantitative estimate of drug-likeness (QED) is 0.711. The van der Waals surface area contributed by atoms with Crippen LogP contribution in [0.15, 0.2) is 36.4 Å². The minimum absolute atomic E-state index is 0.140. The topological polar surface area (TPSA) is 66.5 Å². The van der Waals surface area contributed by atoms with Gasteiger partial charge in [-0.15, -0.1) is 0 Å². The lowest BCUT2D eigenvalue weighted by atomic mass is 9.87. The summed E-state index contributed by atoms with van der Waals surface area (Å²) in [6, 6.07) is 13.9. The molecular weight excluding hydrogens is 388 g/mol. The lowest BCUT2D eigenvalue weighted by Gasteiger charge is -2.38. The third-order valence-electron chi connectivity index (χ3n) is 6.62. The van der Waals surface area contributed by atoms with E-state index >= 15 is 0 Å². The SMILES string of the molecule is CCC[C@H]1CC[C@H](NCc2cc3c(nc2OC)CCC(=O)N3C)[C@H](c2ccccc2)N1. The minimum atomic E-state index is 0.140. The largest absolute Gasteiger partial charge is 0.481 e. The average Bonchev–Trinajstić information content (AvgIpc) is 2.81. The van der Waals surface area contributed by atoms with Gasteiger partial charge < -0.3 is 20.3 Å². The Kier molecular flexibility index (Phi) is 6.88. The molecule has 2 aromatic rings. The molecule has 6 nitrogen and oxygen atoms in total. The van der Waals surface area contributed by atoms with Crippen molar-refractivity contribution < 1.29 is 9.53 Å². The van der Waals surface area contributed by atoms with Crippen LogP contribution in [0.25, 0.3) is 0 Å². The van der Waals surface area contributed by atoms with Crippen LogP contribution < -0.4 is 20.3 Å². The first-order chi connectivity index (χ1) is 15.1. The maximum Gasteiger partial charge on any atom is 0.227 e. The summed E-state index contributed by atoms with van der Waals surface area (Å²) < 4.78 is 5.60. The smallest absolute Gasteiger partial charge is 0.227 e. The highest BCUT2D eigenvalue weighted by molar-refractivity contribution is 5.95. The van der Waals surface area contributed by atoms with Crippen molar-refractivity contribution in [2.75, 3.05) is 19.1 Å². The summed E-state index contributed by atoms with van der Waals surface area (Å²) in [6.45, 7) is 2.90. The Bertz CT molecular complexity index is 902. The summed E-state index contributed by atoms with van der Waals surface area (Å²) >= 11 is 0. The van der Waals surface area contributed by atoms with E-state index in [0.717, 1.165) is 23.4 Å². The van der Waals surface area contributed by atoms with Crippen molar-refractivity contribution in [3.05, 3.63) is 53.2 Å². The third-order valence-corrected chi connectivity index (χ3v) is 6.62. The van der Waals surface area contributed by atoms with Crippen LogP contribution in [0.5, 0.6) is 5.88 Å². The zero-order chi connectivity index (χ0) is 21.8. The molecule has 0 unspecified atom stereocenters. The number of aryl methyl sites for hydroxylation is 1. The molecule has 3 atom stereocenters.